The molecule has 0 saturated carbocycles. The lowest BCUT2D eigenvalue weighted by Crippen LogP contribution is -2.27. The van der Waals surface area contributed by atoms with Gasteiger partial charge in [0.2, 0.25) is 0 Å². The molecule has 1 aliphatic carbocycles. The summed E-state index contributed by atoms with van der Waals surface area (Å²) in [5.41, 5.74) is -0.154. The Morgan fingerprint density at radius 1 is 1.00 bits per heavy atom. The minimum absolute atomic E-state index is 0.140. The first-order chi connectivity index (χ1) is 12.6. The standard InChI is InChI=1S/C22H36O4/c1-2-3-4-5-6-7-8-9-10-11-12-13-14-15-18(23)21-19(24)16-17-20(25)22(21)26/h2-3,20,25-26H,4-17H2,1H3. The van der Waals surface area contributed by atoms with Gasteiger partial charge in [0.1, 0.15) is 17.4 Å². The van der Waals surface area contributed by atoms with Gasteiger partial charge >= 0.3 is 0 Å². The quantitative estimate of drug-likeness (QED) is 0.247. The van der Waals surface area contributed by atoms with E-state index in [1.165, 1.54) is 51.4 Å². The summed E-state index contributed by atoms with van der Waals surface area (Å²) in [6.07, 6.45) is 16.9. The third-order valence-corrected chi connectivity index (χ3v) is 5.03. The number of carbonyl (C=O) groups is 2. The van der Waals surface area contributed by atoms with Crippen molar-refractivity contribution in [3.8, 4) is 0 Å². The Hall–Kier alpha value is -1.42. The van der Waals surface area contributed by atoms with Gasteiger partial charge in [-0.1, -0.05) is 63.5 Å². The minimum Gasteiger partial charge on any atom is -0.509 e. The molecule has 26 heavy (non-hydrogen) atoms. The zero-order chi connectivity index (χ0) is 19.2. The van der Waals surface area contributed by atoms with Gasteiger partial charge in [-0.3, -0.25) is 9.59 Å². The van der Waals surface area contributed by atoms with Gasteiger partial charge < -0.3 is 10.2 Å². The highest BCUT2D eigenvalue weighted by Crippen LogP contribution is 2.23. The molecule has 0 bridgehead atoms. The molecule has 1 atom stereocenters. The van der Waals surface area contributed by atoms with Gasteiger partial charge in [0, 0.05) is 12.8 Å². The molecule has 0 aliphatic heterocycles. The zero-order valence-electron chi connectivity index (χ0n) is 16.3. The Morgan fingerprint density at radius 2 is 1.54 bits per heavy atom. The number of carbonyl (C=O) groups excluding carboxylic acids is 2. The van der Waals surface area contributed by atoms with Crippen molar-refractivity contribution < 1.29 is 19.8 Å². The average Bonchev–Trinajstić information content (AvgIpc) is 2.62. The fraction of sp³-hybridized carbons (Fsp3) is 0.727. The number of hydrogen-bond acceptors (Lipinski definition) is 4. The van der Waals surface area contributed by atoms with E-state index in [-0.39, 0.29) is 36.4 Å². The lowest BCUT2D eigenvalue weighted by atomic mass is 9.89. The van der Waals surface area contributed by atoms with Crippen molar-refractivity contribution in [1.29, 1.82) is 0 Å². The topological polar surface area (TPSA) is 74.6 Å². The molecule has 0 spiro atoms. The molecule has 4 heteroatoms. The highest BCUT2D eigenvalue weighted by molar-refractivity contribution is 6.21. The molecule has 1 rings (SSSR count). The summed E-state index contributed by atoms with van der Waals surface area (Å²) < 4.78 is 0. The first-order valence-corrected chi connectivity index (χ1v) is 10.4. The second-order valence-electron chi connectivity index (χ2n) is 7.30. The van der Waals surface area contributed by atoms with E-state index in [9.17, 15) is 19.8 Å². The Balaban J connectivity index is 2.01. The van der Waals surface area contributed by atoms with Gasteiger partial charge in [-0.15, -0.1) is 0 Å². The summed E-state index contributed by atoms with van der Waals surface area (Å²) in [7, 11) is 0. The third kappa shape index (κ3) is 8.79. The molecule has 0 fully saturated rings. The van der Waals surface area contributed by atoms with Crippen LogP contribution in [0.2, 0.25) is 0 Å². The number of rotatable bonds is 14. The van der Waals surface area contributed by atoms with Crippen molar-refractivity contribution in [1.82, 2.24) is 0 Å². The SMILES string of the molecule is CC=CCCCCCCCCCCCCC(=O)C1=C(O)C(O)CCC1=O. The number of aliphatic hydroxyl groups excluding tert-OH is 2. The molecule has 148 valence electrons. The largest absolute Gasteiger partial charge is 0.509 e. The zero-order valence-corrected chi connectivity index (χ0v) is 16.3. The van der Waals surface area contributed by atoms with E-state index in [2.05, 4.69) is 19.1 Å². The smallest absolute Gasteiger partial charge is 0.170 e. The van der Waals surface area contributed by atoms with Crippen LogP contribution in [-0.2, 0) is 9.59 Å². The Labute approximate surface area is 158 Å². The molecule has 0 radical (unpaired) electrons. The lowest BCUT2D eigenvalue weighted by molar-refractivity contribution is -0.123. The summed E-state index contributed by atoms with van der Waals surface area (Å²) in [6, 6.07) is 0. The van der Waals surface area contributed by atoms with Crippen molar-refractivity contribution >= 4 is 11.6 Å². The van der Waals surface area contributed by atoms with E-state index in [0.717, 1.165) is 19.3 Å². The van der Waals surface area contributed by atoms with E-state index < -0.39 is 11.9 Å². The van der Waals surface area contributed by atoms with Crippen LogP contribution in [0.3, 0.4) is 0 Å². The fourth-order valence-electron chi connectivity index (χ4n) is 3.39. The van der Waals surface area contributed by atoms with Crippen LogP contribution in [0.1, 0.15) is 96.8 Å². The maximum Gasteiger partial charge on any atom is 0.170 e. The highest BCUT2D eigenvalue weighted by atomic mass is 16.3. The Kier molecular flexibility index (Phi) is 12.0. The second-order valence-corrected chi connectivity index (χ2v) is 7.30. The highest BCUT2D eigenvalue weighted by Gasteiger charge is 2.30. The van der Waals surface area contributed by atoms with E-state index in [0.29, 0.717) is 0 Å². The number of ketones is 2. The molecule has 1 aliphatic rings. The van der Waals surface area contributed by atoms with Crippen LogP contribution < -0.4 is 0 Å². The molecular formula is C22H36O4. The maximum atomic E-state index is 12.1. The van der Waals surface area contributed by atoms with Crippen LogP contribution in [-0.4, -0.2) is 27.9 Å². The molecule has 0 aromatic carbocycles. The van der Waals surface area contributed by atoms with Crippen molar-refractivity contribution in [2.45, 2.75) is 103 Å². The van der Waals surface area contributed by atoms with Gasteiger partial charge in [-0.2, -0.15) is 0 Å². The number of unbranched alkanes of at least 4 members (excludes halogenated alkanes) is 10. The van der Waals surface area contributed by atoms with Crippen LogP contribution in [0.4, 0.5) is 0 Å². The molecule has 0 aromatic rings. The van der Waals surface area contributed by atoms with Gasteiger partial charge in [0.15, 0.2) is 11.6 Å². The normalized spacial score (nSPS) is 18.1. The summed E-state index contributed by atoms with van der Waals surface area (Å²) in [6.45, 7) is 2.07. The van der Waals surface area contributed by atoms with Crippen molar-refractivity contribution in [2.24, 2.45) is 0 Å². The van der Waals surface area contributed by atoms with Gasteiger partial charge in [-0.05, 0) is 32.6 Å². The molecule has 1 unspecified atom stereocenters. The molecular weight excluding hydrogens is 328 g/mol. The van der Waals surface area contributed by atoms with E-state index >= 15 is 0 Å². The van der Waals surface area contributed by atoms with Gasteiger partial charge in [-0.25, -0.2) is 0 Å². The molecule has 2 N–H and O–H groups in total. The minimum atomic E-state index is -1.06. The first-order valence-electron chi connectivity index (χ1n) is 10.4. The van der Waals surface area contributed by atoms with Crippen LogP contribution in [0, 0.1) is 0 Å². The summed E-state index contributed by atoms with van der Waals surface area (Å²) >= 11 is 0. The predicted molar refractivity (Wildman–Crippen MR) is 105 cm³/mol. The summed E-state index contributed by atoms with van der Waals surface area (Å²) in [4.78, 5) is 23.9. The predicted octanol–water partition coefficient (Wildman–Crippen LogP) is 5.35. The molecule has 0 saturated heterocycles. The number of aliphatic hydroxyl groups is 2. The maximum absolute atomic E-state index is 12.1. The van der Waals surface area contributed by atoms with Gasteiger partial charge in [0.25, 0.3) is 0 Å². The first kappa shape index (κ1) is 22.6. The summed E-state index contributed by atoms with van der Waals surface area (Å²) in [5.74, 6) is -1.07. The molecule has 0 amide bonds. The lowest BCUT2D eigenvalue weighted by Gasteiger charge is -2.18. The number of hydrogen-bond donors (Lipinski definition) is 2. The monoisotopic (exact) mass is 364 g/mol. The van der Waals surface area contributed by atoms with Crippen LogP contribution in [0.5, 0.6) is 0 Å². The van der Waals surface area contributed by atoms with E-state index in [1.807, 2.05) is 0 Å². The van der Waals surface area contributed by atoms with Crippen molar-refractivity contribution in [2.75, 3.05) is 0 Å². The van der Waals surface area contributed by atoms with Crippen LogP contribution >= 0.6 is 0 Å². The molecule has 4 nitrogen and oxygen atoms in total. The third-order valence-electron chi connectivity index (χ3n) is 5.03. The fourth-order valence-corrected chi connectivity index (χ4v) is 3.39. The van der Waals surface area contributed by atoms with Crippen molar-refractivity contribution in [3.05, 3.63) is 23.5 Å². The van der Waals surface area contributed by atoms with Gasteiger partial charge in [0.05, 0.1) is 0 Å². The number of allylic oxidation sites excluding steroid dienone is 3. The summed E-state index contributed by atoms with van der Waals surface area (Å²) in [5, 5.41) is 19.4. The molecule has 0 aromatic heterocycles. The number of Topliss-reactive ketones (excluding diaryl/α,β-unsaturated/α-hetero) is 2. The Bertz CT molecular complexity index is 490. The van der Waals surface area contributed by atoms with E-state index in [1.54, 1.807) is 0 Å². The average molecular weight is 365 g/mol. The van der Waals surface area contributed by atoms with Crippen molar-refractivity contribution in [3.63, 3.8) is 0 Å². The van der Waals surface area contributed by atoms with Crippen LogP contribution in [0.25, 0.3) is 0 Å². The molecule has 0 heterocycles. The van der Waals surface area contributed by atoms with Crippen LogP contribution in [0.15, 0.2) is 23.5 Å². The second kappa shape index (κ2) is 13.7. The van der Waals surface area contributed by atoms with E-state index in [4.69, 9.17) is 0 Å². The Morgan fingerprint density at radius 3 is 2.12 bits per heavy atom.